The molecule has 2 aromatic carbocycles. The van der Waals surface area contributed by atoms with Gasteiger partial charge in [-0.05, 0) is 74.2 Å². The number of rotatable bonds is 10. The SMILES string of the molecule is CC(C)c1ccc(C=O)c2c1CCN(c1nc(C(=O)O)c(CCCOc3ccc(C#CCN(C)C)cc3F)s1)C2. The number of fused-ring (bicyclic) bond motifs is 1. The number of aryl methyl sites for hydroxylation is 1. The van der Waals surface area contributed by atoms with Crippen molar-refractivity contribution in [3.8, 4) is 17.6 Å². The Balaban J connectivity index is 1.41. The number of thiazole rings is 1. The first-order valence-electron chi connectivity index (χ1n) is 13.3. The lowest BCUT2D eigenvalue weighted by Crippen LogP contribution is -2.32. The molecule has 4 rings (SSSR count). The van der Waals surface area contributed by atoms with Gasteiger partial charge in [-0.15, -0.1) is 11.3 Å². The predicted molar refractivity (Wildman–Crippen MR) is 155 cm³/mol. The van der Waals surface area contributed by atoms with Gasteiger partial charge in [0, 0.05) is 29.1 Å². The summed E-state index contributed by atoms with van der Waals surface area (Å²) in [6.07, 6.45) is 2.59. The van der Waals surface area contributed by atoms with Crippen molar-refractivity contribution in [2.24, 2.45) is 0 Å². The molecule has 0 unspecified atom stereocenters. The first-order valence-corrected chi connectivity index (χ1v) is 14.1. The molecular weight excluding hydrogens is 529 g/mol. The fourth-order valence-corrected chi connectivity index (χ4v) is 5.88. The predicted octanol–water partition coefficient (Wildman–Crippen LogP) is 5.40. The molecule has 2 heterocycles. The quantitative estimate of drug-likeness (QED) is 0.201. The van der Waals surface area contributed by atoms with Crippen LogP contribution in [0, 0.1) is 17.7 Å². The molecule has 40 heavy (non-hydrogen) atoms. The Morgan fingerprint density at radius 1 is 1.27 bits per heavy atom. The van der Waals surface area contributed by atoms with Crippen molar-refractivity contribution in [3.63, 3.8) is 0 Å². The molecule has 3 aromatic rings. The van der Waals surface area contributed by atoms with E-state index in [2.05, 4.69) is 35.6 Å². The Labute approximate surface area is 238 Å². The van der Waals surface area contributed by atoms with Crippen molar-refractivity contribution < 1.29 is 23.8 Å². The molecule has 0 spiro atoms. The number of aromatic carboxylic acids is 1. The molecule has 210 valence electrons. The average Bonchev–Trinajstić information content (AvgIpc) is 3.35. The lowest BCUT2D eigenvalue weighted by Gasteiger charge is -2.31. The third-order valence-corrected chi connectivity index (χ3v) is 7.93. The zero-order valence-electron chi connectivity index (χ0n) is 23.3. The summed E-state index contributed by atoms with van der Waals surface area (Å²) in [5, 5.41) is 10.4. The maximum absolute atomic E-state index is 14.5. The molecule has 1 aliphatic rings. The van der Waals surface area contributed by atoms with Gasteiger partial charge in [-0.3, -0.25) is 9.69 Å². The van der Waals surface area contributed by atoms with E-state index in [1.165, 1.54) is 28.5 Å². The number of hydrogen-bond donors (Lipinski definition) is 1. The first kappa shape index (κ1) is 29.2. The van der Waals surface area contributed by atoms with E-state index in [0.717, 1.165) is 18.3 Å². The molecule has 0 amide bonds. The Bertz CT molecular complexity index is 1450. The lowest BCUT2D eigenvalue weighted by molar-refractivity contribution is 0.0690. The molecule has 0 atom stereocenters. The molecule has 0 radical (unpaired) electrons. The molecular formula is C31H34FN3O4S. The molecule has 1 aliphatic heterocycles. The van der Waals surface area contributed by atoms with Gasteiger partial charge < -0.3 is 14.7 Å². The molecule has 0 fully saturated rings. The highest BCUT2D eigenvalue weighted by atomic mass is 32.1. The normalized spacial score (nSPS) is 12.7. The minimum atomic E-state index is -1.08. The smallest absolute Gasteiger partial charge is 0.355 e. The topological polar surface area (TPSA) is 83.0 Å². The number of anilines is 1. The van der Waals surface area contributed by atoms with Crippen LogP contribution in [0.25, 0.3) is 0 Å². The van der Waals surface area contributed by atoms with E-state index in [0.29, 0.717) is 59.5 Å². The van der Waals surface area contributed by atoms with Crippen LogP contribution >= 0.6 is 11.3 Å². The summed E-state index contributed by atoms with van der Waals surface area (Å²) in [4.78, 5) is 32.8. The van der Waals surface area contributed by atoms with Gasteiger partial charge in [0.2, 0.25) is 0 Å². The molecule has 0 saturated carbocycles. The number of aromatic nitrogens is 1. The molecule has 0 aliphatic carbocycles. The monoisotopic (exact) mass is 563 g/mol. The second kappa shape index (κ2) is 13.1. The number of carboxylic acid groups (broad SMARTS) is 1. The van der Waals surface area contributed by atoms with Crippen molar-refractivity contribution in [1.82, 2.24) is 9.88 Å². The van der Waals surface area contributed by atoms with Gasteiger partial charge in [0.25, 0.3) is 0 Å². The third kappa shape index (κ3) is 6.87. The van der Waals surface area contributed by atoms with Crippen molar-refractivity contribution in [1.29, 1.82) is 0 Å². The van der Waals surface area contributed by atoms with Crippen LogP contribution in [0.4, 0.5) is 9.52 Å². The average molecular weight is 564 g/mol. The minimum Gasteiger partial charge on any atom is -0.491 e. The summed E-state index contributed by atoms with van der Waals surface area (Å²) in [7, 11) is 3.83. The Morgan fingerprint density at radius 3 is 2.75 bits per heavy atom. The Morgan fingerprint density at radius 2 is 2.08 bits per heavy atom. The third-order valence-electron chi connectivity index (χ3n) is 6.76. The fourth-order valence-electron chi connectivity index (χ4n) is 4.76. The maximum atomic E-state index is 14.5. The number of halogens is 1. The van der Waals surface area contributed by atoms with Crippen molar-refractivity contribution in [2.45, 2.75) is 45.6 Å². The van der Waals surface area contributed by atoms with E-state index in [1.54, 1.807) is 12.1 Å². The van der Waals surface area contributed by atoms with Gasteiger partial charge in [0.15, 0.2) is 22.4 Å². The molecule has 7 nitrogen and oxygen atoms in total. The molecule has 9 heteroatoms. The summed E-state index contributed by atoms with van der Waals surface area (Å²) >= 11 is 1.35. The zero-order valence-corrected chi connectivity index (χ0v) is 24.1. The first-order chi connectivity index (χ1) is 19.2. The minimum absolute atomic E-state index is 0.0316. The van der Waals surface area contributed by atoms with Crippen molar-refractivity contribution in [2.75, 3.05) is 38.7 Å². The molecule has 1 aromatic heterocycles. The van der Waals surface area contributed by atoms with Crippen LogP contribution in [0.1, 0.15) is 74.2 Å². The van der Waals surface area contributed by atoms with Gasteiger partial charge >= 0.3 is 5.97 Å². The highest BCUT2D eigenvalue weighted by molar-refractivity contribution is 7.15. The highest BCUT2D eigenvalue weighted by Crippen LogP contribution is 2.35. The summed E-state index contributed by atoms with van der Waals surface area (Å²) in [5.74, 6) is 4.83. The molecule has 0 bridgehead atoms. The van der Waals surface area contributed by atoms with Crippen LogP contribution in [0.3, 0.4) is 0 Å². The van der Waals surface area contributed by atoms with Gasteiger partial charge in [-0.2, -0.15) is 0 Å². The number of nitrogens with zero attached hydrogens (tertiary/aromatic N) is 3. The van der Waals surface area contributed by atoms with Crippen LogP contribution in [0.5, 0.6) is 5.75 Å². The van der Waals surface area contributed by atoms with E-state index in [4.69, 9.17) is 4.74 Å². The second-order valence-electron chi connectivity index (χ2n) is 10.4. The Hall–Kier alpha value is -3.74. The number of benzene rings is 2. The van der Waals surface area contributed by atoms with Gasteiger partial charge in [-0.25, -0.2) is 14.2 Å². The molecule has 1 N–H and O–H groups in total. The van der Waals surface area contributed by atoms with E-state index < -0.39 is 11.8 Å². The summed E-state index contributed by atoms with van der Waals surface area (Å²) in [6, 6.07) is 8.54. The van der Waals surface area contributed by atoms with Crippen molar-refractivity contribution >= 4 is 28.7 Å². The molecule has 0 saturated heterocycles. The summed E-state index contributed by atoms with van der Waals surface area (Å²) in [5.41, 5.74) is 4.72. The number of hydrogen-bond acceptors (Lipinski definition) is 7. The van der Waals surface area contributed by atoms with Crippen LogP contribution in [0.2, 0.25) is 0 Å². The van der Waals surface area contributed by atoms with Gasteiger partial charge in [0.05, 0.1) is 13.2 Å². The number of carbonyl (C=O) groups excluding carboxylic acids is 1. The fraction of sp³-hybridized carbons (Fsp3) is 0.387. The number of carboxylic acids is 1. The summed E-state index contributed by atoms with van der Waals surface area (Å²) in [6.45, 7) is 6.30. The standard InChI is InChI=1S/C31H34FN3O4S/c1-20(2)23-11-10-22(19-36)25-18-35(15-13-24(23)25)31-33-29(30(37)38)28(40-31)8-6-16-39-27-12-9-21(17-26(27)32)7-5-14-34(3)4/h9-12,17,19-20H,6,8,13-16,18H2,1-4H3,(H,37,38). The number of ether oxygens (including phenoxy) is 1. The number of aldehydes is 1. The van der Waals surface area contributed by atoms with Crippen LogP contribution in [0.15, 0.2) is 30.3 Å². The summed E-state index contributed by atoms with van der Waals surface area (Å²) < 4.78 is 20.1. The van der Waals surface area contributed by atoms with Gasteiger partial charge in [-0.1, -0.05) is 37.8 Å². The van der Waals surface area contributed by atoms with Crippen LogP contribution in [-0.2, 0) is 19.4 Å². The van der Waals surface area contributed by atoms with Crippen LogP contribution < -0.4 is 9.64 Å². The van der Waals surface area contributed by atoms with Gasteiger partial charge in [0.1, 0.15) is 6.29 Å². The zero-order chi connectivity index (χ0) is 28.8. The van der Waals surface area contributed by atoms with E-state index >= 15 is 0 Å². The van der Waals surface area contributed by atoms with Crippen LogP contribution in [-0.4, -0.2) is 61.0 Å². The number of carbonyl (C=O) groups is 2. The van der Waals surface area contributed by atoms with E-state index in [-0.39, 0.29) is 18.1 Å². The van der Waals surface area contributed by atoms with Crippen molar-refractivity contribution in [3.05, 3.63) is 74.5 Å². The lowest BCUT2D eigenvalue weighted by atomic mass is 9.86. The Kier molecular flexibility index (Phi) is 9.56. The van der Waals surface area contributed by atoms with E-state index in [9.17, 15) is 19.1 Å². The second-order valence-corrected chi connectivity index (χ2v) is 11.4. The highest BCUT2D eigenvalue weighted by Gasteiger charge is 2.26. The van der Waals surface area contributed by atoms with E-state index in [1.807, 2.05) is 31.1 Å². The maximum Gasteiger partial charge on any atom is 0.355 e. The largest absolute Gasteiger partial charge is 0.491 e.